The van der Waals surface area contributed by atoms with Crippen LogP contribution in [0.2, 0.25) is 0 Å². The lowest BCUT2D eigenvalue weighted by molar-refractivity contribution is -0.129. The van der Waals surface area contributed by atoms with Gasteiger partial charge in [-0.1, -0.05) is 37.3 Å². The van der Waals surface area contributed by atoms with Crippen LogP contribution in [0, 0.1) is 0 Å². The number of esters is 1. The highest BCUT2D eigenvalue weighted by atomic mass is 16.5. The molecule has 2 aromatic carbocycles. The maximum Gasteiger partial charge on any atom is 0.339 e. The third kappa shape index (κ3) is 4.75. The fourth-order valence-electron chi connectivity index (χ4n) is 4.08. The van der Waals surface area contributed by atoms with Crippen molar-refractivity contribution in [1.82, 2.24) is 10.3 Å². The zero-order valence-corrected chi connectivity index (χ0v) is 19.2. The molecule has 170 valence electrons. The zero-order chi connectivity index (χ0) is 23.4. The number of nitrogens with zero attached hydrogens (tertiary/aromatic N) is 1. The summed E-state index contributed by atoms with van der Waals surface area (Å²) in [7, 11) is 1.64. The van der Waals surface area contributed by atoms with Crippen molar-refractivity contribution < 1.29 is 19.1 Å². The van der Waals surface area contributed by atoms with E-state index in [0.29, 0.717) is 18.5 Å². The minimum atomic E-state index is -0.873. The Morgan fingerprint density at radius 3 is 2.61 bits per heavy atom. The average Bonchev–Trinajstić information content (AvgIpc) is 3.23. The van der Waals surface area contributed by atoms with Crippen molar-refractivity contribution in [2.24, 2.45) is 0 Å². The van der Waals surface area contributed by atoms with Gasteiger partial charge in [0.1, 0.15) is 5.75 Å². The first-order chi connectivity index (χ1) is 16.0. The van der Waals surface area contributed by atoms with Gasteiger partial charge in [0, 0.05) is 11.9 Å². The van der Waals surface area contributed by atoms with Gasteiger partial charge in [-0.25, -0.2) is 9.78 Å². The summed E-state index contributed by atoms with van der Waals surface area (Å²) in [5.41, 5.74) is 5.04. The number of hydrogen-bond donors (Lipinski definition) is 1. The second-order valence-electron chi connectivity index (χ2n) is 8.11. The number of methoxy groups -OCH3 is 1. The molecule has 1 heterocycles. The van der Waals surface area contributed by atoms with Gasteiger partial charge in [0.05, 0.1) is 23.9 Å². The third-order valence-electron chi connectivity index (χ3n) is 5.80. The maximum absolute atomic E-state index is 13.3. The Bertz CT molecular complexity index is 1210. The van der Waals surface area contributed by atoms with Gasteiger partial charge in [-0.15, -0.1) is 0 Å². The average molecular weight is 445 g/mol. The molecule has 6 nitrogen and oxygen atoms in total. The van der Waals surface area contributed by atoms with Crippen LogP contribution in [0.3, 0.4) is 0 Å². The topological polar surface area (TPSA) is 77.5 Å². The van der Waals surface area contributed by atoms with E-state index < -0.39 is 12.1 Å². The number of amides is 1. The molecule has 0 unspecified atom stereocenters. The Balaban J connectivity index is 1.71. The lowest BCUT2D eigenvalue weighted by Gasteiger charge is -2.16. The van der Waals surface area contributed by atoms with E-state index in [2.05, 4.69) is 11.4 Å². The Labute approximate surface area is 193 Å². The van der Waals surface area contributed by atoms with Crippen molar-refractivity contribution in [3.8, 4) is 5.75 Å². The van der Waals surface area contributed by atoms with Gasteiger partial charge in [0.15, 0.2) is 6.10 Å². The molecular formula is C27H28N2O4. The summed E-state index contributed by atoms with van der Waals surface area (Å²) in [6, 6.07) is 15.4. The Kier molecular flexibility index (Phi) is 6.73. The highest BCUT2D eigenvalue weighted by molar-refractivity contribution is 6.07. The lowest BCUT2D eigenvalue weighted by Crippen LogP contribution is -2.36. The van der Waals surface area contributed by atoms with Crippen LogP contribution >= 0.6 is 0 Å². The molecule has 1 aliphatic carbocycles. The highest BCUT2D eigenvalue weighted by Gasteiger charge is 2.29. The molecule has 33 heavy (non-hydrogen) atoms. The summed E-state index contributed by atoms with van der Waals surface area (Å²) in [6.45, 7) is 4.12. The Morgan fingerprint density at radius 1 is 1.12 bits per heavy atom. The molecule has 0 fully saturated rings. The molecule has 1 N–H and O–H groups in total. The second kappa shape index (κ2) is 9.86. The summed E-state index contributed by atoms with van der Waals surface area (Å²) in [5, 5.41) is 3.52. The van der Waals surface area contributed by atoms with Crippen molar-refractivity contribution in [1.29, 1.82) is 0 Å². The van der Waals surface area contributed by atoms with Crippen LogP contribution in [-0.2, 0) is 16.0 Å². The zero-order valence-electron chi connectivity index (χ0n) is 19.2. The number of rotatable bonds is 7. The summed E-state index contributed by atoms with van der Waals surface area (Å²) in [5.74, 6) is 0.0187. The summed E-state index contributed by atoms with van der Waals surface area (Å²) < 4.78 is 10.8. The van der Waals surface area contributed by atoms with Gasteiger partial charge in [-0.2, -0.15) is 0 Å². The standard InChI is InChI=1S/C27H28N2O4/c1-4-15-28-26(30)17(2)33-27(31)24-21-7-5-6-8-23(21)29-25-19(11-14-22(24)25)16-18-9-12-20(32-3)13-10-18/h5-10,12-13,16-17H,4,11,14-15H2,1-3H3,(H,28,30)/b19-16+/t17-/m0/s1. The molecule has 0 bridgehead atoms. The number of carbonyl (C=O) groups excluding carboxylic acids is 2. The summed E-state index contributed by atoms with van der Waals surface area (Å²) in [6.07, 6.45) is 3.51. The van der Waals surface area contributed by atoms with E-state index in [1.54, 1.807) is 14.0 Å². The first kappa shape index (κ1) is 22.5. The van der Waals surface area contributed by atoms with Crippen LogP contribution in [0.4, 0.5) is 0 Å². The maximum atomic E-state index is 13.3. The van der Waals surface area contributed by atoms with E-state index in [1.165, 1.54) is 0 Å². The van der Waals surface area contributed by atoms with Crippen LogP contribution in [0.1, 0.15) is 53.9 Å². The highest BCUT2D eigenvalue weighted by Crippen LogP contribution is 2.38. The molecule has 1 aliphatic rings. The van der Waals surface area contributed by atoms with Crippen molar-refractivity contribution in [3.05, 3.63) is 70.9 Å². The van der Waals surface area contributed by atoms with Crippen LogP contribution < -0.4 is 10.1 Å². The van der Waals surface area contributed by atoms with Gasteiger partial charge in [0.25, 0.3) is 5.91 Å². The number of para-hydroxylation sites is 1. The number of pyridine rings is 1. The van der Waals surface area contributed by atoms with Crippen molar-refractivity contribution in [2.75, 3.05) is 13.7 Å². The molecule has 0 spiro atoms. The molecule has 0 radical (unpaired) electrons. The van der Waals surface area contributed by atoms with Crippen molar-refractivity contribution >= 4 is 34.4 Å². The predicted molar refractivity (Wildman–Crippen MR) is 129 cm³/mol. The third-order valence-corrected chi connectivity index (χ3v) is 5.80. The molecule has 0 saturated carbocycles. The summed E-state index contributed by atoms with van der Waals surface area (Å²) in [4.78, 5) is 30.4. The first-order valence-corrected chi connectivity index (χ1v) is 11.3. The van der Waals surface area contributed by atoms with Crippen LogP contribution in [0.15, 0.2) is 48.5 Å². The van der Waals surface area contributed by atoms with E-state index in [-0.39, 0.29) is 5.91 Å². The monoisotopic (exact) mass is 444 g/mol. The fraction of sp³-hybridized carbons (Fsp3) is 0.296. The van der Waals surface area contributed by atoms with Gasteiger partial charge >= 0.3 is 5.97 Å². The molecule has 0 aliphatic heterocycles. The minimum absolute atomic E-state index is 0.291. The molecule has 3 aromatic rings. The fourth-order valence-corrected chi connectivity index (χ4v) is 4.08. The van der Waals surface area contributed by atoms with E-state index >= 15 is 0 Å². The predicted octanol–water partition coefficient (Wildman–Crippen LogP) is 4.80. The van der Waals surface area contributed by atoms with Crippen LogP contribution in [0.5, 0.6) is 5.75 Å². The normalized spacial score (nSPS) is 14.7. The van der Waals surface area contributed by atoms with Crippen LogP contribution in [0.25, 0.3) is 22.6 Å². The van der Waals surface area contributed by atoms with Gasteiger partial charge in [-0.3, -0.25) is 4.79 Å². The Morgan fingerprint density at radius 2 is 1.88 bits per heavy atom. The largest absolute Gasteiger partial charge is 0.497 e. The smallest absolute Gasteiger partial charge is 0.339 e. The van der Waals surface area contributed by atoms with Crippen molar-refractivity contribution in [2.45, 2.75) is 39.2 Å². The molecular weight excluding hydrogens is 416 g/mol. The van der Waals surface area contributed by atoms with E-state index in [4.69, 9.17) is 14.5 Å². The lowest BCUT2D eigenvalue weighted by atomic mass is 10.0. The number of fused-ring (bicyclic) bond motifs is 2. The summed E-state index contributed by atoms with van der Waals surface area (Å²) >= 11 is 0. The second-order valence-corrected chi connectivity index (χ2v) is 8.11. The minimum Gasteiger partial charge on any atom is -0.497 e. The number of nitrogens with one attached hydrogen (secondary N) is 1. The van der Waals surface area contributed by atoms with Crippen molar-refractivity contribution in [3.63, 3.8) is 0 Å². The molecule has 4 rings (SSSR count). The van der Waals surface area contributed by atoms with E-state index in [0.717, 1.165) is 51.9 Å². The number of allylic oxidation sites excluding steroid dienone is 1. The number of ether oxygens (including phenoxy) is 2. The molecule has 6 heteroatoms. The first-order valence-electron chi connectivity index (χ1n) is 11.3. The molecule has 0 saturated heterocycles. The number of hydrogen-bond acceptors (Lipinski definition) is 5. The van der Waals surface area contributed by atoms with E-state index in [9.17, 15) is 9.59 Å². The van der Waals surface area contributed by atoms with Gasteiger partial charge in [0.2, 0.25) is 0 Å². The quantitative estimate of drug-likeness (QED) is 0.530. The number of aromatic nitrogens is 1. The number of carbonyl (C=O) groups is 2. The Hall–Kier alpha value is -3.67. The molecule has 1 amide bonds. The van der Waals surface area contributed by atoms with Crippen LogP contribution in [-0.4, -0.2) is 36.6 Å². The molecule has 1 atom stereocenters. The van der Waals surface area contributed by atoms with Gasteiger partial charge < -0.3 is 14.8 Å². The SMILES string of the molecule is CCCNC(=O)[C@H](C)OC(=O)c1c2c(nc3ccccc13)/C(=C/c1ccc(OC)cc1)CC2. The molecule has 1 aromatic heterocycles. The van der Waals surface area contributed by atoms with E-state index in [1.807, 2.05) is 55.5 Å². The van der Waals surface area contributed by atoms with Gasteiger partial charge in [-0.05, 0) is 67.2 Å². The number of benzene rings is 2.